The Balaban J connectivity index is 2.09. The van der Waals surface area contributed by atoms with E-state index in [1.807, 2.05) is 6.07 Å². The fourth-order valence-electron chi connectivity index (χ4n) is 2.22. The van der Waals surface area contributed by atoms with E-state index in [2.05, 4.69) is 0 Å². The van der Waals surface area contributed by atoms with Crippen molar-refractivity contribution in [3.05, 3.63) is 58.4 Å². The first-order chi connectivity index (χ1) is 9.15. The molecule has 0 aromatic heterocycles. The van der Waals surface area contributed by atoms with Crippen molar-refractivity contribution in [3.8, 4) is 11.1 Å². The van der Waals surface area contributed by atoms with E-state index in [1.54, 1.807) is 24.3 Å². The van der Waals surface area contributed by atoms with Gasteiger partial charge in [0.2, 0.25) is 0 Å². The number of ether oxygens (including phenoxy) is 1. The molecule has 0 amide bonds. The van der Waals surface area contributed by atoms with Crippen LogP contribution in [0.1, 0.15) is 15.9 Å². The number of benzene rings is 2. The molecular weight excluding hydrogens is 267 g/mol. The van der Waals surface area contributed by atoms with Crippen LogP contribution in [0.4, 0.5) is 4.39 Å². The van der Waals surface area contributed by atoms with Crippen molar-refractivity contribution in [1.82, 2.24) is 0 Å². The number of rotatable bonds is 1. The summed E-state index contributed by atoms with van der Waals surface area (Å²) in [5.41, 5.74) is 2.67. The van der Waals surface area contributed by atoms with Gasteiger partial charge in [-0.15, -0.1) is 0 Å². The first kappa shape index (κ1) is 12.2. The Bertz CT molecular complexity index is 667. The summed E-state index contributed by atoms with van der Waals surface area (Å²) in [6, 6.07) is 9.80. The molecule has 0 bridgehead atoms. The van der Waals surface area contributed by atoms with Crippen LogP contribution >= 0.6 is 11.6 Å². The average Bonchev–Trinajstić information content (AvgIpc) is 2.38. The molecule has 0 spiro atoms. The van der Waals surface area contributed by atoms with Gasteiger partial charge in [-0.25, -0.2) is 9.18 Å². The summed E-state index contributed by atoms with van der Waals surface area (Å²) in [6.07, 6.45) is 0.657. The first-order valence-electron chi connectivity index (χ1n) is 5.90. The van der Waals surface area contributed by atoms with Crippen LogP contribution in [0.5, 0.6) is 0 Å². The molecule has 0 aliphatic carbocycles. The van der Waals surface area contributed by atoms with Crippen molar-refractivity contribution in [3.63, 3.8) is 0 Å². The number of carbonyl (C=O) groups excluding carboxylic acids is 1. The number of hydrogen-bond donors (Lipinski definition) is 0. The molecule has 1 aliphatic heterocycles. The van der Waals surface area contributed by atoms with Crippen molar-refractivity contribution in [2.75, 3.05) is 6.61 Å². The summed E-state index contributed by atoms with van der Waals surface area (Å²) in [5.74, 6) is -0.685. The van der Waals surface area contributed by atoms with Crippen molar-refractivity contribution in [2.24, 2.45) is 0 Å². The minimum absolute atomic E-state index is 0.315. The second kappa shape index (κ2) is 4.67. The van der Waals surface area contributed by atoms with Crippen LogP contribution < -0.4 is 0 Å². The molecule has 1 aliphatic rings. The highest BCUT2D eigenvalue weighted by molar-refractivity contribution is 6.30. The lowest BCUT2D eigenvalue weighted by molar-refractivity contribution is 0.0480. The molecule has 0 saturated heterocycles. The molecule has 0 atom stereocenters. The fraction of sp³-hybridized carbons (Fsp3) is 0.133. The van der Waals surface area contributed by atoms with Crippen molar-refractivity contribution < 1.29 is 13.9 Å². The molecule has 19 heavy (non-hydrogen) atoms. The highest BCUT2D eigenvalue weighted by Crippen LogP contribution is 2.28. The average molecular weight is 277 g/mol. The summed E-state index contributed by atoms with van der Waals surface area (Å²) < 4.78 is 18.8. The lowest BCUT2D eigenvalue weighted by Gasteiger charge is -2.16. The SMILES string of the molecule is O=C1OCCc2cc(-c3ccc(Cl)cc3F)ccc21. The van der Waals surface area contributed by atoms with E-state index in [-0.39, 0.29) is 11.8 Å². The molecule has 2 nitrogen and oxygen atoms in total. The van der Waals surface area contributed by atoms with Crippen LogP contribution in [-0.2, 0) is 11.2 Å². The molecule has 0 fully saturated rings. The summed E-state index contributed by atoms with van der Waals surface area (Å²) >= 11 is 5.74. The number of fused-ring (bicyclic) bond motifs is 1. The number of cyclic esters (lactones) is 1. The van der Waals surface area contributed by atoms with Crippen LogP contribution in [0.3, 0.4) is 0 Å². The van der Waals surface area contributed by atoms with E-state index < -0.39 is 0 Å². The number of carbonyl (C=O) groups is 1. The maximum atomic E-state index is 13.9. The van der Waals surface area contributed by atoms with Crippen molar-refractivity contribution in [2.45, 2.75) is 6.42 Å². The minimum atomic E-state index is -0.370. The normalized spacial score (nSPS) is 13.9. The Morgan fingerprint density at radius 2 is 1.89 bits per heavy atom. The number of hydrogen-bond acceptors (Lipinski definition) is 2. The lowest BCUT2D eigenvalue weighted by atomic mass is 9.96. The van der Waals surface area contributed by atoms with Gasteiger partial charge in [0.05, 0.1) is 12.2 Å². The topological polar surface area (TPSA) is 26.3 Å². The zero-order chi connectivity index (χ0) is 13.4. The van der Waals surface area contributed by atoms with Gasteiger partial charge in [-0.1, -0.05) is 23.7 Å². The monoisotopic (exact) mass is 276 g/mol. The quantitative estimate of drug-likeness (QED) is 0.739. The summed E-state index contributed by atoms with van der Waals surface area (Å²) in [7, 11) is 0. The van der Waals surface area contributed by atoms with Gasteiger partial charge in [-0.3, -0.25) is 0 Å². The van der Waals surface area contributed by atoms with Crippen LogP contribution in [0.15, 0.2) is 36.4 Å². The summed E-state index contributed by atoms with van der Waals surface area (Å²) in [4.78, 5) is 11.5. The van der Waals surface area contributed by atoms with Crippen molar-refractivity contribution >= 4 is 17.6 Å². The number of halogens is 2. The van der Waals surface area contributed by atoms with Gasteiger partial charge < -0.3 is 4.74 Å². The van der Waals surface area contributed by atoms with Crippen LogP contribution in [0, 0.1) is 5.82 Å². The van der Waals surface area contributed by atoms with Gasteiger partial charge in [0.15, 0.2) is 0 Å². The van der Waals surface area contributed by atoms with Gasteiger partial charge in [0.25, 0.3) is 0 Å². The zero-order valence-corrected chi connectivity index (χ0v) is 10.7. The van der Waals surface area contributed by atoms with Crippen molar-refractivity contribution in [1.29, 1.82) is 0 Å². The molecule has 2 aromatic carbocycles. The second-order valence-corrected chi connectivity index (χ2v) is 4.82. The molecular formula is C15H10ClFO2. The van der Waals surface area contributed by atoms with Crippen LogP contribution in [-0.4, -0.2) is 12.6 Å². The highest BCUT2D eigenvalue weighted by atomic mass is 35.5. The highest BCUT2D eigenvalue weighted by Gasteiger charge is 2.19. The molecule has 96 valence electrons. The predicted molar refractivity (Wildman–Crippen MR) is 70.8 cm³/mol. The minimum Gasteiger partial charge on any atom is -0.462 e. The lowest BCUT2D eigenvalue weighted by Crippen LogP contribution is -2.17. The fourth-order valence-corrected chi connectivity index (χ4v) is 2.38. The maximum Gasteiger partial charge on any atom is 0.338 e. The van der Waals surface area contributed by atoms with Crippen LogP contribution in [0.2, 0.25) is 5.02 Å². The summed E-state index contributed by atoms with van der Waals surface area (Å²) in [5, 5.41) is 0.364. The molecule has 2 aromatic rings. The third-order valence-corrected chi connectivity index (χ3v) is 3.41. The molecule has 0 unspecified atom stereocenters. The molecule has 0 saturated carbocycles. The largest absolute Gasteiger partial charge is 0.462 e. The van der Waals surface area contributed by atoms with E-state index in [1.165, 1.54) is 6.07 Å². The predicted octanol–water partition coefficient (Wildman–Crippen LogP) is 3.86. The Morgan fingerprint density at radius 3 is 2.68 bits per heavy atom. The molecule has 0 radical (unpaired) electrons. The van der Waals surface area contributed by atoms with E-state index in [9.17, 15) is 9.18 Å². The van der Waals surface area contributed by atoms with E-state index in [4.69, 9.17) is 16.3 Å². The second-order valence-electron chi connectivity index (χ2n) is 4.38. The Morgan fingerprint density at radius 1 is 1.11 bits per heavy atom. The summed E-state index contributed by atoms with van der Waals surface area (Å²) in [6.45, 7) is 0.373. The first-order valence-corrected chi connectivity index (χ1v) is 6.28. The molecule has 4 heteroatoms. The Hall–Kier alpha value is -1.87. The third kappa shape index (κ3) is 2.22. The molecule has 3 rings (SSSR count). The Labute approximate surface area is 114 Å². The smallest absolute Gasteiger partial charge is 0.338 e. The number of esters is 1. The van der Waals surface area contributed by atoms with E-state index in [0.29, 0.717) is 29.2 Å². The standard InChI is InChI=1S/C15H10ClFO2/c16-11-2-4-12(14(17)8-11)9-1-3-13-10(7-9)5-6-19-15(13)18/h1-4,7-8H,5-6H2. The van der Waals surface area contributed by atoms with E-state index in [0.717, 1.165) is 11.1 Å². The van der Waals surface area contributed by atoms with Gasteiger partial charge in [0, 0.05) is 17.0 Å². The zero-order valence-electron chi connectivity index (χ0n) is 9.95. The van der Waals surface area contributed by atoms with Gasteiger partial charge in [-0.2, -0.15) is 0 Å². The van der Waals surface area contributed by atoms with Gasteiger partial charge in [0.1, 0.15) is 5.82 Å². The Kier molecular flexibility index (Phi) is 2.99. The molecule has 0 N–H and O–H groups in total. The van der Waals surface area contributed by atoms with Gasteiger partial charge >= 0.3 is 5.97 Å². The maximum absolute atomic E-state index is 13.9. The third-order valence-electron chi connectivity index (χ3n) is 3.17. The van der Waals surface area contributed by atoms with Gasteiger partial charge in [-0.05, 0) is 35.4 Å². The van der Waals surface area contributed by atoms with Crippen LogP contribution in [0.25, 0.3) is 11.1 Å². The van der Waals surface area contributed by atoms with E-state index >= 15 is 0 Å². The molecule has 1 heterocycles.